The van der Waals surface area contributed by atoms with Gasteiger partial charge in [-0.2, -0.15) is 0 Å². The monoisotopic (exact) mass is 344 g/mol. The average molecular weight is 344 g/mol. The minimum Gasteiger partial charge on any atom is -0.312 e. The van der Waals surface area contributed by atoms with Crippen molar-refractivity contribution >= 4 is 15.7 Å². The molecule has 3 rings (SSSR count). The lowest BCUT2D eigenvalue weighted by molar-refractivity contribution is 0.599. The third kappa shape index (κ3) is 3.97. The number of nitrogens with zero attached hydrogens (tertiary/aromatic N) is 1. The van der Waals surface area contributed by atoms with Crippen molar-refractivity contribution in [3.8, 4) is 0 Å². The standard InChI is InChI=1S/C19H24N2O2S/c1-16(18-8-3-2-4-9-18)14-20-15-17-7-5-10-19(13-17)21-11-6-12-24(21,22)23/h2-5,7-10,13,16,20H,6,11-12,14-15H2,1H3/t16-/m0/s1. The Morgan fingerprint density at radius 1 is 1.12 bits per heavy atom. The normalized spacial score (nSPS) is 17.8. The lowest BCUT2D eigenvalue weighted by Gasteiger charge is -2.18. The van der Waals surface area contributed by atoms with Crippen LogP contribution in [0, 0.1) is 0 Å². The van der Waals surface area contributed by atoms with Crippen LogP contribution in [0.15, 0.2) is 54.6 Å². The van der Waals surface area contributed by atoms with Gasteiger partial charge < -0.3 is 5.32 Å². The van der Waals surface area contributed by atoms with Crippen LogP contribution < -0.4 is 9.62 Å². The highest BCUT2D eigenvalue weighted by Crippen LogP contribution is 2.24. The summed E-state index contributed by atoms with van der Waals surface area (Å²) in [7, 11) is -3.11. The van der Waals surface area contributed by atoms with E-state index in [-0.39, 0.29) is 5.75 Å². The van der Waals surface area contributed by atoms with Gasteiger partial charge in [-0.05, 0) is 35.6 Å². The molecule has 1 aliphatic heterocycles. The summed E-state index contributed by atoms with van der Waals surface area (Å²) in [6.45, 7) is 4.41. The van der Waals surface area contributed by atoms with Gasteiger partial charge in [0.2, 0.25) is 10.0 Å². The van der Waals surface area contributed by atoms with E-state index in [1.165, 1.54) is 9.87 Å². The van der Waals surface area contributed by atoms with Gasteiger partial charge in [-0.15, -0.1) is 0 Å². The van der Waals surface area contributed by atoms with Gasteiger partial charge in [0.25, 0.3) is 0 Å². The predicted molar refractivity (Wildman–Crippen MR) is 98.8 cm³/mol. The summed E-state index contributed by atoms with van der Waals surface area (Å²) in [5, 5.41) is 3.47. The molecular weight excluding hydrogens is 320 g/mol. The Morgan fingerprint density at radius 3 is 2.62 bits per heavy atom. The van der Waals surface area contributed by atoms with Crippen LogP contribution in [0.25, 0.3) is 0 Å². The van der Waals surface area contributed by atoms with E-state index in [4.69, 9.17) is 0 Å². The van der Waals surface area contributed by atoms with Gasteiger partial charge in [-0.25, -0.2) is 8.42 Å². The van der Waals surface area contributed by atoms with Crippen molar-refractivity contribution in [2.75, 3.05) is 23.1 Å². The van der Waals surface area contributed by atoms with Crippen LogP contribution in [-0.4, -0.2) is 27.3 Å². The zero-order chi connectivity index (χ0) is 17.0. The first kappa shape index (κ1) is 17.0. The van der Waals surface area contributed by atoms with Crippen LogP contribution in [0.1, 0.15) is 30.4 Å². The second-order valence-electron chi connectivity index (χ2n) is 6.35. The number of sulfonamides is 1. The van der Waals surface area contributed by atoms with Crippen molar-refractivity contribution < 1.29 is 8.42 Å². The minimum atomic E-state index is -3.11. The summed E-state index contributed by atoms with van der Waals surface area (Å²) < 4.78 is 25.6. The van der Waals surface area contributed by atoms with E-state index in [9.17, 15) is 8.42 Å². The molecule has 0 bridgehead atoms. The van der Waals surface area contributed by atoms with Gasteiger partial charge in [-0.3, -0.25) is 4.31 Å². The maximum Gasteiger partial charge on any atom is 0.235 e. The lowest BCUT2D eigenvalue weighted by Crippen LogP contribution is -2.25. The Bertz CT molecular complexity index is 775. The second kappa shape index (κ2) is 7.36. The second-order valence-corrected chi connectivity index (χ2v) is 8.37. The molecule has 1 fully saturated rings. The highest BCUT2D eigenvalue weighted by atomic mass is 32.2. The van der Waals surface area contributed by atoms with Crippen molar-refractivity contribution in [3.05, 3.63) is 65.7 Å². The van der Waals surface area contributed by atoms with Crippen LogP contribution in [-0.2, 0) is 16.6 Å². The molecule has 4 nitrogen and oxygen atoms in total. The van der Waals surface area contributed by atoms with Crippen molar-refractivity contribution in [3.63, 3.8) is 0 Å². The Kier molecular flexibility index (Phi) is 5.21. The van der Waals surface area contributed by atoms with E-state index in [0.29, 0.717) is 18.9 Å². The van der Waals surface area contributed by atoms with E-state index < -0.39 is 10.0 Å². The molecule has 1 N–H and O–H groups in total. The Morgan fingerprint density at radius 2 is 1.92 bits per heavy atom. The summed E-state index contributed by atoms with van der Waals surface area (Å²) >= 11 is 0. The fourth-order valence-electron chi connectivity index (χ4n) is 3.08. The maximum absolute atomic E-state index is 12.0. The summed E-state index contributed by atoms with van der Waals surface area (Å²) in [4.78, 5) is 0. The van der Waals surface area contributed by atoms with Crippen molar-refractivity contribution in [1.82, 2.24) is 5.32 Å². The molecule has 0 amide bonds. The van der Waals surface area contributed by atoms with Gasteiger partial charge in [0.1, 0.15) is 0 Å². The van der Waals surface area contributed by atoms with Crippen LogP contribution in [0.4, 0.5) is 5.69 Å². The van der Waals surface area contributed by atoms with Gasteiger partial charge in [0.15, 0.2) is 0 Å². The van der Waals surface area contributed by atoms with Gasteiger partial charge in [0, 0.05) is 19.6 Å². The highest BCUT2D eigenvalue weighted by molar-refractivity contribution is 7.93. The molecule has 1 atom stereocenters. The van der Waals surface area contributed by atoms with Crippen LogP contribution in [0.2, 0.25) is 0 Å². The number of hydrogen-bond acceptors (Lipinski definition) is 3. The molecule has 128 valence electrons. The summed E-state index contributed by atoms with van der Waals surface area (Å²) in [6, 6.07) is 18.3. The zero-order valence-electron chi connectivity index (χ0n) is 14.0. The molecule has 1 saturated heterocycles. The SMILES string of the molecule is C[C@@H](CNCc1cccc(N2CCCS2(=O)=O)c1)c1ccccc1. The zero-order valence-corrected chi connectivity index (χ0v) is 14.8. The molecule has 0 spiro atoms. The van der Waals surface area contributed by atoms with Crippen LogP contribution >= 0.6 is 0 Å². The molecule has 0 saturated carbocycles. The molecule has 0 aliphatic carbocycles. The molecular formula is C19H24N2O2S. The Hall–Kier alpha value is -1.85. The molecule has 0 radical (unpaired) electrons. The molecule has 1 aliphatic rings. The first-order valence-corrected chi connectivity index (χ1v) is 10.0. The van der Waals surface area contributed by atoms with E-state index in [0.717, 1.165) is 24.3 Å². The fraction of sp³-hybridized carbons (Fsp3) is 0.368. The van der Waals surface area contributed by atoms with Crippen LogP contribution in [0.3, 0.4) is 0 Å². The van der Waals surface area contributed by atoms with Crippen molar-refractivity contribution in [2.45, 2.75) is 25.8 Å². The molecule has 2 aromatic rings. The Labute approximate surface area is 144 Å². The number of benzene rings is 2. The minimum absolute atomic E-state index is 0.254. The first-order valence-electron chi connectivity index (χ1n) is 8.41. The smallest absolute Gasteiger partial charge is 0.235 e. The largest absolute Gasteiger partial charge is 0.312 e. The summed E-state index contributed by atoms with van der Waals surface area (Å²) in [6.07, 6.45) is 0.708. The van der Waals surface area contributed by atoms with E-state index in [1.807, 2.05) is 30.3 Å². The van der Waals surface area contributed by atoms with E-state index in [1.54, 1.807) is 0 Å². The van der Waals surface area contributed by atoms with Crippen molar-refractivity contribution in [2.24, 2.45) is 0 Å². The summed E-state index contributed by atoms with van der Waals surface area (Å²) in [5.41, 5.74) is 3.21. The molecule has 24 heavy (non-hydrogen) atoms. The van der Waals surface area contributed by atoms with Crippen LogP contribution in [0.5, 0.6) is 0 Å². The topological polar surface area (TPSA) is 49.4 Å². The number of rotatable bonds is 6. The maximum atomic E-state index is 12.0. The molecule has 0 aromatic heterocycles. The quantitative estimate of drug-likeness (QED) is 0.876. The number of anilines is 1. The number of nitrogens with one attached hydrogen (secondary N) is 1. The first-order chi connectivity index (χ1) is 11.6. The van der Waals surface area contributed by atoms with E-state index >= 15 is 0 Å². The van der Waals surface area contributed by atoms with Crippen molar-refractivity contribution in [1.29, 1.82) is 0 Å². The molecule has 5 heteroatoms. The third-order valence-electron chi connectivity index (χ3n) is 4.45. The average Bonchev–Trinajstić information content (AvgIpc) is 2.95. The van der Waals surface area contributed by atoms with Gasteiger partial charge in [0.05, 0.1) is 11.4 Å². The fourth-order valence-corrected chi connectivity index (χ4v) is 4.64. The lowest BCUT2D eigenvalue weighted by atomic mass is 10.0. The molecule has 0 unspecified atom stereocenters. The molecule has 1 heterocycles. The number of hydrogen-bond donors (Lipinski definition) is 1. The van der Waals surface area contributed by atoms with Gasteiger partial charge in [-0.1, -0.05) is 49.4 Å². The predicted octanol–water partition coefficient (Wildman–Crippen LogP) is 3.12. The highest BCUT2D eigenvalue weighted by Gasteiger charge is 2.28. The van der Waals surface area contributed by atoms with E-state index in [2.05, 4.69) is 36.5 Å². The van der Waals surface area contributed by atoms with Gasteiger partial charge >= 0.3 is 0 Å². The summed E-state index contributed by atoms with van der Waals surface area (Å²) in [5.74, 6) is 0.692. The third-order valence-corrected chi connectivity index (χ3v) is 6.32. The molecule has 2 aromatic carbocycles. The Balaban J connectivity index is 1.59.